The van der Waals surface area contributed by atoms with Gasteiger partial charge < -0.3 is 13.7 Å². The molecule has 12 aromatic rings. The first kappa shape index (κ1) is 71.9. The number of fused-ring (bicyclic) bond motifs is 17. The van der Waals surface area contributed by atoms with Crippen LogP contribution < -0.4 is 0 Å². The Labute approximate surface area is 528 Å². The standard InChI is InChI=1S/3C22H19N.9C2H6/c1-2-23-21-10-6-5-9-19(21)20-13-17-11-15-7-3-4-8-16(15)12-18(17)14-22(20)23;1-2-23-20-10-6-5-9-18(20)22-19-14-16-8-4-3-7-15(16)13-17(19)11-12-21(22)23;1-2-23-21-10-6-5-9-18(21)19-12-11-17-13-15-7-3-4-8-16(15)14-20(17)22(19)23;9*1-2/h3-10,13-14H,2,11-12H2,1H3;2*3-12H,2,13-14H2,1H3;9*1-2H3. The number of hydrogen-bond acceptors (Lipinski definition) is 0. The zero-order valence-electron chi connectivity index (χ0n) is 58.0. The number of benzene rings is 9. The number of aromatic nitrogens is 3. The zero-order valence-corrected chi connectivity index (χ0v) is 58.0. The van der Waals surface area contributed by atoms with E-state index in [4.69, 9.17) is 0 Å². The van der Waals surface area contributed by atoms with Crippen LogP contribution in [0.5, 0.6) is 0 Å². The molecule has 0 fully saturated rings. The van der Waals surface area contributed by atoms with E-state index in [-0.39, 0.29) is 0 Å². The Hall–Kier alpha value is -7.62. The largest absolute Gasteiger partial charge is 0.341 e. The minimum atomic E-state index is 1.01. The van der Waals surface area contributed by atoms with E-state index in [1.165, 1.54) is 132 Å². The van der Waals surface area contributed by atoms with Crippen molar-refractivity contribution in [2.45, 2.75) is 204 Å². The van der Waals surface area contributed by atoms with Crippen molar-refractivity contribution in [2.75, 3.05) is 0 Å². The maximum Gasteiger partial charge on any atom is 0.0530 e. The van der Waals surface area contributed by atoms with Crippen molar-refractivity contribution in [1.82, 2.24) is 13.7 Å². The predicted octanol–water partition coefficient (Wildman–Crippen LogP) is 25.2. The molecule has 15 rings (SSSR count). The Bertz CT molecular complexity index is 3940. The fourth-order valence-corrected chi connectivity index (χ4v) is 12.7. The summed E-state index contributed by atoms with van der Waals surface area (Å²) in [7, 11) is 0. The van der Waals surface area contributed by atoms with Crippen LogP contribution in [0.4, 0.5) is 0 Å². The summed E-state index contributed by atoms with van der Waals surface area (Å²) in [5, 5.41) is 8.44. The molecule has 0 N–H and O–H groups in total. The number of nitrogens with zero attached hydrogens (tertiary/aromatic N) is 3. The van der Waals surface area contributed by atoms with Gasteiger partial charge in [-0.05, 0) is 156 Å². The van der Waals surface area contributed by atoms with Crippen molar-refractivity contribution >= 4 is 65.4 Å². The van der Waals surface area contributed by atoms with Crippen LogP contribution in [0.15, 0.2) is 182 Å². The zero-order chi connectivity index (χ0) is 64.2. The summed E-state index contributed by atoms with van der Waals surface area (Å²) in [5.41, 5.74) is 26.2. The molecule has 9 aromatic carbocycles. The molecule has 0 bridgehead atoms. The third-order valence-electron chi connectivity index (χ3n) is 15.9. The molecule has 0 aliphatic heterocycles. The van der Waals surface area contributed by atoms with Crippen LogP contribution in [-0.2, 0) is 58.2 Å². The molecule has 0 amide bonds. The molecule has 3 heterocycles. The van der Waals surface area contributed by atoms with Gasteiger partial charge in [0.1, 0.15) is 0 Å². The van der Waals surface area contributed by atoms with Crippen LogP contribution in [-0.4, -0.2) is 13.7 Å². The van der Waals surface area contributed by atoms with Gasteiger partial charge >= 0.3 is 0 Å². The summed E-state index contributed by atoms with van der Waals surface area (Å²) in [5.74, 6) is 0. The normalized spacial score (nSPS) is 11.1. The van der Waals surface area contributed by atoms with Crippen molar-refractivity contribution in [2.24, 2.45) is 0 Å². The first-order chi connectivity index (χ1) is 43.1. The summed E-state index contributed by atoms with van der Waals surface area (Å²) in [4.78, 5) is 0. The molecular weight excluding hydrogens is 1050 g/mol. The van der Waals surface area contributed by atoms with Crippen molar-refractivity contribution in [1.29, 1.82) is 0 Å². The molecule has 0 saturated heterocycles. The molecule has 0 radical (unpaired) electrons. The molecule has 0 unspecified atom stereocenters. The van der Waals surface area contributed by atoms with E-state index < -0.39 is 0 Å². The van der Waals surface area contributed by atoms with Gasteiger partial charge in [-0.25, -0.2) is 0 Å². The highest BCUT2D eigenvalue weighted by atomic mass is 15.0. The van der Waals surface area contributed by atoms with E-state index in [2.05, 4.69) is 216 Å². The smallest absolute Gasteiger partial charge is 0.0530 e. The third-order valence-corrected chi connectivity index (χ3v) is 15.9. The molecule has 0 saturated carbocycles. The molecule has 0 atom stereocenters. The summed E-state index contributed by atoms with van der Waals surface area (Å²) in [6.07, 6.45) is 6.36. The summed E-state index contributed by atoms with van der Waals surface area (Å²) < 4.78 is 7.40. The highest BCUT2D eigenvalue weighted by Gasteiger charge is 2.23. The quantitative estimate of drug-likeness (QED) is 0.167. The highest BCUT2D eigenvalue weighted by molar-refractivity contribution is 6.11. The van der Waals surface area contributed by atoms with Crippen LogP contribution in [0.2, 0.25) is 0 Å². The summed E-state index contributed by atoms with van der Waals surface area (Å²) in [6, 6.07) is 67.3. The Morgan fingerprint density at radius 3 is 1.01 bits per heavy atom. The Kier molecular flexibility index (Phi) is 30.7. The van der Waals surface area contributed by atoms with E-state index >= 15 is 0 Å². The van der Waals surface area contributed by atoms with E-state index in [9.17, 15) is 0 Å². The average molecular weight is 1160 g/mol. The van der Waals surface area contributed by atoms with Gasteiger partial charge in [-0.1, -0.05) is 270 Å². The van der Waals surface area contributed by atoms with Gasteiger partial charge in [0, 0.05) is 86.0 Å². The molecule has 462 valence electrons. The van der Waals surface area contributed by atoms with E-state index in [0.717, 1.165) is 58.2 Å². The molecule has 0 spiro atoms. The van der Waals surface area contributed by atoms with Crippen LogP contribution in [0, 0.1) is 0 Å². The van der Waals surface area contributed by atoms with Crippen LogP contribution in [0.1, 0.15) is 212 Å². The second-order valence-corrected chi connectivity index (χ2v) is 19.5. The summed E-state index contributed by atoms with van der Waals surface area (Å²) >= 11 is 0. The maximum atomic E-state index is 2.50. The van der Waals surface area contributed by atoms with Gasteiger partial charge in [-0.15, -0.1) is 0 Å². The van der Waals surface area contributed by atoms with E-state index in [1.807, 2.05) is 125 Å². The van der Waals surface area contributed by atoms with Crippen molar-refractivity contribution in [3.63, 3.8) is 0 Å². The van der Waals surface area contributed by atoms with Gasteiger partial charge in [0.2, 0.25) is 0 Å². The van der Waals surface area contributed by atoms with Crippen LogP contribution >= 0.6 is 0 Å². The van der Waals surface area contributed by atoms with Gasteiger partial charge in [0.25, 0.3) is 0 Å². The summed E-state index contributed by atoms with van der Waals surface area (Å²) in [6.45, 7) is 45.8. The molecule has 3 heteroatoms. The van der Waals surface area contributed by atoms with E-state index in [1.54, 1.807) is 0 Å². The lowest BCUT2D eigenvalue weighted by Crippen LogP contribution is -2.09. The number of para-hydroxylation sites is 3. The highest BCUT2D eigenvalue weighted by Crippen LogP contribution is 2.40. The maximum absolute atomic E-state index is 2.50. The monoisotopic (exact) mass is 1160 g/mol. The first-order valence-electron chi connectivity index (χ1n) is 34.3. The van der Waals surface area contributed by atoms with Crippen LogP contribution in [0.25, 0.3) is 65.4 Å². The minimum absolute atomic E-state index is 1.01. The van der Waals surface area contributed by atoms with Crippen molar-refractivity contribution in [3.05, 3.63) is 249 Å². The van der Waals surface area contributed by atoms with Crippen molar-refractivity contribution < 1.29 is 0 Å². The lowest BCUT2D eigenvalue weighted by atomic mass is 9.84. The lowest BCUT2D eigenvalue weighted by Gasteiger charge is -2.21. The molecule has 3 aromatic heterocycles. The Morgan fingerprint density at radius 2 is 0.552 bits per heavy atom. The second-order valence-electron chi connectivity index (χ2n) is 19.5. The topological polar surface area (TPSA) is 14.8 Å². The second kappa shape index (κ2) is 37.2. The fourth-order valence-electron chi connectivity index (χ4n) is 12.7. The third kappa shape index (κ3) is 15.0. The molecule has 3 aliphatic carbocycles. The van der Waals surface area contributed by atoms with Gasteiger partial charge in [-0.2, -0.15) is 0 Å². The number of rotatable bonds is 3. The molecule has 3 aliphatic rings. The minimum Gasteiger partial charge on any atom is -0.341 e. The van der Waals surface area contributed by atoms with Gasteiger partial charge in [0.05, 0.1) is 5.52 Å². The Balaban J connectivity index is 0.000000247. The molecule has 87 heavy (non-hydrogen) atoms. The van der Waals surface area contributed by atoms with Crippen molar-refractivity contribution in [3.8, 4) is 0 Å². The van der Waals surface area contributed by atoms with E-state index in [0.29, 0.717) is 0 Å². The lowest BCUT2D eigenvalue weighted by molar-refractivity contribution is 0.819. The average Bonchev–Trinajstić information content (AvgIpc) is 1.71. The fraction of sp³-hybridized carbons (Fsp3) is 0.357. The predicted molar refractivity (Wildman–Crippen MR) is 394 cm³/mol. The first-order valence-corrected chi connectivity index (χ1v) is 34.3. The van der Waals surface area contributed by atoms with Crippen LogP contribution in [0.3, 0.4) is 0 Å². The van der Waals surface area contributed by atoms with Gasteiger partial charge in [0.15, 0.2) is 0 Å². The SMILES string of the molecule is CC.CC.CC.CC.CC.CC.CC.CC.CC.CCn1c2ccccc2c2c3c(ccc21)Cc1ccccc1C3.CCn1c2ccccc2c2cc3c(cc21)Cc1ccccc1C3.CCn1c2ccccc2c2ccc3c(c21)Cc1ccccc1C3. The molecular formula is C84H111N3. The Morgan fingerprint density at radius 1 is 0.230 bits per heavy atom. The number of aryl methyl sites for hydroxylation is 3. The van der Waals surface area contributed by atoms with Gasteiger partial charge in [-0.3, -0.25) is 0 Å². The number of hydrogen-bond donors (Lipinski definition) is 0. The molecule has 3 nitrogen and oxygen atoms in total.